The average molecular weight is 250 g/mol. The van der Waals surface area contributed by atoms with Gasteiger partial charge in [-0.05, 0) is 18.2 Å². The van der Waals surface area contributed by atoms with E-state index in [9.17, 15) is 13.6 Å². The third kappa shape index (κ3) is 2.40. The number of halogens is 2. The number of aromatic nitrogens is 2. The lowest BCUT2D eigenvalue weighted by molar-refractivity contribution is 0.102. The molecular weight excluding hydrogens is 242 g/mol. The molecule has 0 saturated heterocycles. The summed E-state index contributed by atoms with van der Waals surface area (Å²) in [5.74, 6) is -2.66. The monoisotopic (exact) mass is 250 g/mol. The van der Waals surface area contributed by atoms with E-state index in [-0.39, 0.29) is 5.95 Å². The maximum atomic E-state index is 13.5. The highest BCUT2D eigenvalue weighted by atomic mass is 19.1. The van der Waals surface area contributed by atoms with Gasteiger partial charge >= 0.3 is 0 Å². The molecule has 0 unspecified atom stereocenters. The van der Waals surface area contributed by atoms with E-state index in [2.05, 4.69) is 15.3 Å². The molecule has 1 amide bonds. The standard InChI is InChI=1S/C11H8F2N4O/c12-6-4-7(9(13)8(14)5-6)10(18)17-11-15-2-1-3-16-11/h1-5H,14H2,(H,15,16,17,18). The lowest BCUT2D eigenvalue weighted by atomic mass is 10.1. The van der Waals surface area contributed by atoms with Crippen molar-refractivity contribution in [3.63, 3.8) is 0 Å². The van der Waals surface area contributed by atoms with Crippen LogP contribution in [-0.2, 0) is 0 Å². The Kier molecular flexibility index (Phi) is 3.13. The van der Waals surface area contributed by atoms with E-state index in [0.29, 0.717) is 0 Å². The van der Waals surface area contributed by atoms with Crippen LogP contribution >= 0.6 is 0 Å². The largest absolute Gasteiger partial charge is 0.396 e. The molecule has 7 heteroatoms. The Hall–Kier alpha value is -2.57. The normalized spacial score (nSPS) is 10.1. The Balaban J connectivity index is 2.30. The lowest BCUT2D eigenvalue weighted by Crippen LogP contribution is -2.16. The molecule has 2 aromatic rings. The summed E-state index contributed by atoms with van der Waals surface area (Å²) in [5, 5.41) is 2.23. The second kappa shape index (κ2) is 4.74. The van der Waals surface area contributed by atoms with Gasteiger partial charge in [-0.1, -0.05) is 0 Å². The molecule has 5 nitrogen and oxygen atoms in total. The molecule has 18 heavy (non-hydrogen) atoms. The highest BCUT2D eigenvalue weighted by molar-refractivity contribution is 6.04. The first-order chi connectivity index (χ1) is 8.58. The fourth-order valence-corrected chi connectivity index (χ4v) is 1.31. The minimum atomic E-state index is -0.982. The fourth-order valence-electron chi connectivity index (χ4n) is 1.31. The maximum absolute atomic E-state index is 13.5. The number of carbonyl (C=O) groups excluding carboxylic acids is 1. The van der Waals surface area contributed by atoms with Crippen molar-refractivity contribution >= 4 is 17.5 Å². The number of hydrogen-bond acceptors (Lipinski definition) is 4. The van der Waals surface area contributed by atoms with E-state index < -0.39 is 28.8 Å². The molecule has 0 aliphatic rings. The smallest absolute Gasteiger partial charge is 0.261 e. The number of anilines is 2. The van der Waals surface area contributed by atoms with Gasteiger partial charge in [-0.15, -0.1) is 0 Å². The molecule has 0 bridgehead atoms. The summed E-state index contributed by atoms with van der Waals surface area (Å²) < 4.78 is 26.6. The van der Waals surface area contributed by atoms with Crippen LogP contribution in [0.2, 0.25) is 0 Å². The molecule has 3 N–H and O–H groups in total. The van der Waals surface area contributed by atoms with Crippen LogP contribution in [0.3, 0.4) is 0 Å². The SMILES string of the molecule is Nc1cc(F)cc(C(=O)Nc2ncccn2)c1F. The number of carbonyl (C=O) groups is 1. The van der Waals surface area contributed by atoms with Crippen molar-refractivity contribution in [2.24, 2.45) is 0 Å². The van der Waals surface area contributed by atoms with Crippen molar-refractivity contribution in [1.82, 2.24) is 9.97 Å². The van der Waals surface area contributed by atoms with E-state index in [1.54, 1.807) is 6.07 Å². The zero-order chi connectivity index (χ0) is 13.1. The summed E-state index contributed by atoms with van der Waals surface area (Å²) in [6, 6.07) is 3.10. The van der Waals surface area contributed by atoms with Crippen LogP contribution in [0.25, 0.3) is 0 Å². The summed E-state index contributed by atoms with van der Waals surface area (Å²) in [4.78, 5) is 19.1. The number of nitrogen functional groups attached to an aromatic ring is 1. The van der Waals surface area contributed by atoms with E-state index in [1.165, 1.54) is 12.4 Å². The van der Waals surface area contributed by atoms with Crippen LogP contribution in [0.5, 0.6) is 0 Å². The second-order valence-corrected chi connectivity index (χ2v) is 3.38. The molecule has 92 valence electrons. The first kappa shape index (κ1) is 11.9. The van der Waals surface area contributed by atoms with Crippen molar-refractivity contribution in [3.05, 3.63) is 47.8 Å². The van der Waals surface area contributed by atoms with Gasteiger partial charge in [0.1, 0.15) is 5.82 Å². The van der Waals surface area contributed by atoms with Gasteiger partial charge in [0.2, 0.25) is 5.95 Å². The molecule has 1 aromatic heterocycles. The van der Waals surface area contributed by atoms with Crippen LogP contribution in [0.1, 0.15) is 10.4 Å². The Morgan fingerprint density at radius 3 is 2.56 bits per heavy atom. The van der Waals surface area contributed by atoms with E-state index in [0.717, 1.165) is 12.1 Å². The summed E-state index contributed by atoms with van der Waals surface area (Å²) in [6.07, 6.45) is 2.80. The van der Waals surface area contributed by atoms with Crippen LogP contribution < -0.4 is 11.1 Å². The molecule has 0 atom stereocenters. The molecule has 0 fully saturated rings. The topological polar surface area (TPSA) is 80.9 Å². The Morgan fingerprint density at radius 2 is 1.89 bits per heavy atom. The zero-order valence-corrected chi connectivity index (χ0v) is 9.02. The van der Waals surface area contributed by atoms with Gasteiger partial charge in [-0.25, -0.2) is 18.7 Å². The van der Waals surface area contributed by atoms with Gasteiger partial charge < -0.3 is 5.73 Å². The number of amides is 1. The predicted molar refractivity (Wildman–Crippen MR) is 60.8 cm³/mol. The molecule has 0 aliphatic heterocycles. The number of nitrogens with two attached hydrogens (primary N) is 1. The lowest BCUT2D eigenvalue weighted by Gasteiger charge is -2.06. The number of benzene rings is 1. The van der Waals surface area contributed by atoms with Gasteiger partial charge in [-0.2, -0.15) is 0 Å². The third-order valence-corrected chi connectivity index (χ3v) is 2.10. The van der Waals surface area contributed by atoms with Crippen LogP contribution in [0, 0.1) is 11.6 Å². The molecule has 2 rings (SSSR count). The number of nitrogens with one attached hydrogen (secondary N) is 1. The third-order valence-electron chi connectivity index (χ3n) is 2.10. The molecule has 1 heterocycles. The maximum Gasteiger partial charge on any atom is 0.261 e. The van der Waals surface area contributed by atoms with Crippen molar-refractivity contribution in [3.8, 4) is 0 Å². The molecular formula is C11H8F2N4O. The summed E-state index contributed by atoms with van der Waals surface area (Å²) in [7, 11) is 0. The quantitative estimate of drug-likeness (QED) is 0.793. The molecule has 0 spiro atoms. The van der Waals surface area contributed by atoms with Crippen LogP contribution in [0.4, 0.5) is 20.4 Å². The summed E-state index contributed by atoms with van der Waals surface area (Å²) in [5.41, 5.74) is 4.29. The van der Waals surface area contributed by atoms with E-state index in [1.807, 2.05) is 0 Å². The van der Waals surface area contributed by atoms with Gasteiger partial charge in [0.15, 0.2) is 5.82 Å². The van der Waals surface area contributed by atoms with Crippen molar-refractivity contribution in [2.75, 3.05) is 11.1 Å². The van der Waals surface area contributed by atoms with Crippen molar-refractivity contribution in [1.29, 1.82) is 0 Å². The zero-order valence-electron chi connectivity index (χ0n) is 9.02. The Bertz CT molecular complexity index is 589. The Morgan fingerprint density at radius 1 is 1.22 bits per heavy atom. The van der Waals surface area contributed by atoms with Gasteiger partial charge in [-0.3, -0.25) is 10.1 Å². The summed E-state index contributed by atoms with van der Waals surface area (Å²) >= 11 is 0. The predicted octanol–water partition coefficient (Wildman–Crippen LogP) is 1.59. The van der Waals surface area contributed by atoms with Gasteiger partial charge in [0.05, 0.1) is 11.3 Å². The highest BCUT2D eigenvalue weighted by Gasteiger charge is 2.16. The highest BCUT2D eigenvalue weighted by Crippen LogP contribution is 2.18. The van der Waals surface area contributed by atoms with Crippen LogP contribution in [-0.4, -0.2) is 15.9 Å². The van der Waals surface area contributed by atoms with Crippen LogP contribution in [0.15, 0.2) is 30.6 Å². The second-order valence-electron chi connectivity index (χ2n) is 3.38. The first-order valence-corrected chi connectivity index (χ1v) is 4.91. The van der Waals surface area contributed by atoms with Gasteiger partial charge in [0.25, 0.3) is 5.91 Å². The minimum absolute atomic E-state index is 0.00951. The van der Waals surface area contributed by atoms with E-state index in [4.69, 9.17) is 5.73 Å². The molecule has 0 saturated carbocycles. The van der Waals surface area contributed by atoms with Gasteiger partial charge in [0, 0.05) is 12.4 Å². The van der Waals surface area contributed by atoms with Crippen molar-refractivity contribution < 1.29 is 13.6 Å². The number of nitrogens with zero attached hydrogens (tertiary/aromatic N) is 2. The molecule has 0 aliphatic carbocycles. The first-order valence-electron chi connectivity index (χ1n) is 4.91. The Labute approximate surface area is 101 Å². The average Bonchev–Trinajstić information content (AvgIpc) is 2.35. The number of rotatable bonds is 2. The molecule has 0 radical (unpaired) electrons. The molecule has 1 aromatic carbocycles. The summed E-state index contributed by atoms with van der Waals surface area (Å²) in [6.45, 7) is 0. The van der Waals surface area contributed by atoms with E-state index >= 15 is 0 Å². The minimum Gasteiger partial charge on any atom is -0.396 e. The fraction of sp³-hybridized carbons (Fsp3) is 0. The number of hydrogen-bond donors (Lipinski definition) is 2. The van der Waals surface area contributed by atoms with Crippen molar-refractivity contribution in [2.45, 2.75) is 0 Å².